The molecule has 0 unspecified atom stereocenters. The normalized spacial score (nSPS) is 18.8. The molecule has 1 amide bonds. The van der Waals surface area contributed by atoms with Gasteiger partial charge >= 0.3 is 0 Å². The van der Waals surface area contributed by atoms with Crippen molar-refractivity contribution in [1.29, 1.82) is 0 Å². The van der Waals surface area contributed by atoms with Crippen LogP contribution >= 0.6 is 0 Å². The number of benzene rings is 2. The Morgan fingerprint density at radius 1 is 1.16 bits per heavy atom. The van der Waals surface area contributed by atoms with Crippen molar-refractivity contribution in [2.24, 2.45) is 11.0 Å². The van der Waals surface area contributed by atoms with E-state index in [1.54, 1.807) is 19.4 Å². The summed E-state index contributed by atoms with van der Waals surface area (Å²) in [7, 11) is 1.64. The number of fused-ring (bicyclic) bond motifs is 4. The van der Waals surface area contributed by atoms with Crippen LogP contribution in [0.15, 0.2) is 70.6 Å². The number of likely N-dealkylation sites (tertiary alicyclic amines) is 1. The number of non-ortho nitro benzene ring substituents is 1. The summed E-state index contributed by atoms with van der Waals surface area (Å²) in [6.07, 6.45) is 2.65. The van der Waals surface area contributed by atoms with E-state index >= 15 is 0 Å². The number of amides is 1. The maximum atomic E-state index is 12.3. The van der Waals surface area contributed by atoms with Gasteiger partial charge in [-0.3, -0.25) is 24.6 Å². The number of nitro groups is 1. The molecule has 10 heteroatoms. The van der Waals surface area contributed by atoms with Gasteiger partial charge in [0.25, 0.3) is 17.2 Å². The molecule has 5 rings (SSSR count). The summed E-state index contributed by atoms with van der Waals surface area (Å²) in [5.74, 6) is 1.07. The number of nitrogens with zero attached hydrogens (tertiary/aromatic N) is 4. The number of piperidine rings is 1. The topological polar surface area (TPSA) is 119 Å². The van der Waals surface area contributed by atoms with Crippen LogP contribution in [0.2, 0.25) is 0 Å². The lowest BCUT2D eigenvalue weighted by Gasteiger charge is -2.42. The van der Waals surface area contributed by atoms with Crippen LogP contribution in [-0.2, 0) is 13.1 Å². The first-order valence-electron chi connectivity index (χ1n) is 12.1. The summed E-state index contributed by atoms with van der Waals surface area (Å²) in [4.78, 5) is 37.3. The van der Waals surface area contributed by atoms with Crippen LogP contribution in [0.5, 0.6) is 5.75 Å². The van der Waals surface area contributed by atoms with E-state index in [-0.39, 0.29) is 16.8 Å². The van der Waals surface area contributed by atoms with E-state index in [1.807, 2.05) is 28.8 Å². The number of carbonyl (C=O) groups is 1. The highest BCUT2D eigenvalue weighted by Gasteiger charge is 2.34. The summed E-state index contributed by atoms with van der Waals surface area (Å²) < 4.78 is 7.53. The van der Waals surface area contributed by atoms with E-state index in [1.165, 1.54) is 24.3 Å². The summed E-state index contributed by atoms with van der Waals surface area (Å²) in [5, 5.41) is 14.8. The Morgan fingerprint density at radius 2 is 1.97 bits per heavy atom. The number of carbonyl (C=O) groups excluding carboxylic acids is 1. The van der Waals surface area contributed by atoms with Gasteiger partial charge < -0.3 is 9.30 Å². The fourth-order valence-corrected chi connectivity index (χ4v) is 5.33. The zero-order chi connectivity index (χ0) is 25.9. The fraction of sp³-hybridized carbons (Fsp3) is 0.296. The third-order valence-corrected chi connectivity index (χ3v) is 6.97. The quantitative estimate of drug-likeness (QED) is 0.302. The van der Waals surface area contributed by atoms with Crippen molar-refractivity contribution in [3.8, 4) is 5.75 Å². The van der Waals surface area contributed by atoms with Gasteiger partial charge in [-0.25, -0.2) is 5.43 Å². The molecule has 2 aromatic carbocycles. The van der Waals surface area contributed by atoms with Gasteiger partial charge in [0.2, 0.25) is 0 Å². The number of hydrogen-bond acceptors (Lipinski definition) is 7. The standard InChI is InChI=1S/C27H27N5O5/c1-37-25-10-5-18(13-28-29-27(34)20-6-8-23(9-7-20)32(35)36)11-22(25)17-30-14-19-12-21(16-30)24-3-2-4-26(33)31(24)15-19/h2-11,13,19,21H,12,14-17H2,1H3,(H,29,34)/t19-,21+/m1/s1. The monoisotopic (exact) mass is 501 g/mol. The minimum atomic E-state index is -0.516. The predicted molar refractivity (Wildman–Crippen MR) is 138 cm³/mol. The summed E-state index contributed by atoms with van der Waals surface area (Å²) >= 11 is 0. The number of aromatic nitrogens is 1. The largest absolute Gasteiger partial charge is 0.496 e. The van der Waals surface area contributed by atoms with Crippen molar-refractivity contribution in [1.82, 2.24) is 14.9 Å². The van der Waals surface area contributed by atoms with E-state index in [4.69, 9.17) is 4.74 Å². The fourth-order valence-electron chi connectivity index (χ4n) is 5.33. The number of hydrazone groups is 1. The van der Waals surface area contributed by atoms with Crippen LogP contribution in [-0.4, -0.2) is 46.7 Å². The number of nitro benzene ring substituents is 1. The molecule has 1 saturated heterocycles. The third kappa shape index (κ3) is 5.29. The molecule has 1 N–H and O–H groups in total. The van der Waals surface area contributed by atoms with Crippen LogP contribution in [0.3, 0.4) is 0 Å². The summed E-state index contributed by atoms with van der Waals surface area (Å²) in [6.45, 7) is 3.22. The Bertz CT molecular complexity index is 1420. The minimum Gasteiger partial charge on any atom is -0.496 e. The van der Waals surface area contributed by atoms with Gasteiger partial charge in [0.15, 0.2) is 0 Å². The Morgan fingerprint density at radius 3 is 2.73 bits per heavy atom. The lowest BCUT2D eigenvalue weighted by molar-refractivity contribution is -0.384. The molecule has 1 aromatic heterocycles. The van der Waals surface area contributed by atoms with Crippen molar-refractivity contribution >= 4 is 17.8 Å². The van der Waals surface area contributed by atoms with Crippen molar-refractivity contribution in [2.75, 3.05) is 20.2 Å². The summed E-state index contributed by atoms with van der Waals surface area (Å²) in [6, 6.07) is 16.6. The van der Waals surface area contributed by atoms with E-state index in [9.17, 15) is 19.7 Å². The second kappa shape index (κ2) is 10.4. The number of rotatable bonds is 7. The van der Waals surface area contributed by atoms with E-state index in [0.717, 1.165) is 48.6 Å². The zero-order valence-corrected chi connectivity index (χ0v) is 20.4. The van der Waals surface area contributed by atoms with Crippen LogP contribution in [0, 0.1) is 16.0 Å². The smallest absolute Gasteiger partial charge is 0.271 e. The lowest BCUT2D eigenvalue weighted by Crippen LogP contribution is -2.46. The van der Waals surface area contributed by atoms with Crippen molar-refractivity contribution in [3.63, 3.8) is 0 Å². The van der Waals surface area contributed by atoms with E-state index in [2.05, 4.69) is 21.5 Å². The van der Waals surface area contributed by atoms with Crippen LogP contribution in [0.25, 0.3) is 0 Å². The molecule has 0 radical (unpaired) electrons. The van der Waals surface area contributed by atoms with Crippen molar-refractivity contribution in [3.05, 3.63) is 104 Å². The van der Waals surface area contributed by atoms with Gasteiger partial charge in [-0.05, 0) is 54.3 Å². The van der Waals surface area contributed by atoms with Crippen LogP contribution in [0.1, 0.15) is 39.5 Å². The molecule has 0 saturated carbocycles. The molecule has 3 aromatic rings. The second-order valence-electron chi connectivity index (χ2n) is 9.47. The molecule has 2 aliphatic rings. The highest BCUT2D eigenvalue weighted by atomic mass is 16.6. The molecule has 37 heavy (non-hydrogen) atoms. The molecular formula is C27H27N5O5. The molecule has 10 nitrogen and oxygen atoms in total. The highest BCUT2D eigenvalue weighted by Crippen LogP contribution is 2.36. The number of nitrogens with one attached hydrogen (secondary N) is 1. The van der Waals surface area contributed by atoms with Crippen LogP contribution in [0.4, 0.5) is 5.69 Å². The molecule has 2 atom stereocenters. The van der Waals surface area contributed by atoms with Gasteiger partial charge in [0.05, 0.1) is 18.2 Å². The van der Waals surface area contributed by atoms with E-state index in [0.29, 0.717) is 18.4 Å². The third-order valence-electron chi connectivity index (χ3n) is 6.97. The minimum absolute atomic E-state index is 0.0787. The van der Waals surface area contributed by atoms with Crippen molar-refractivity contribution in [2.45, 2.75) is 25.4 Å². The average Bonchev–Trinajstić information content (AvgIpc) is 2.89. The average molecular weight is 502 g/mol. The Balaban J connectivity index is 1.26. The number of hydrogen-bond donors (Lipinski definition) is 1. The zero-order valence-electron chi connectivity index (χ0n) is 20.4. The summed E-state index contributed by atoms with van der Waals surface area (Å²) in [5.41, 5.74) is 5.66. The van der Waals surface area contributed by atoms with Gasteiger partial charge in [0.1, 0.15) is 5.75 Å². The Hall–Kier alpha value is -4.31. The maximum Gasteiger partial charge on any atom is 0.271 e. The molecular weight excluding hydrogens is 474 g/mol. The molecule has 1 fully saturated rings. The SMILES string of the molecule is COc1ccc(C=NNC(=O)c2ccc([N+](=O)[O-])cc2)cc1CN1C[C@H]2C[C@@H](C1)c1cccc(=O)n1C2. The molecule has 0 aliphatic carbocycles. The molecule has 3 heterocycles. The van der Waals surface area contributed by atoms with Gasteiger partial charge in [-0.2, -0.15) is 5.10 Å². The highest BCUT2D eigenvalue weighted by molar-refractivity contribution is 5.95. The first kappa shape index (κ1) is 24.4. The van der Waals surface area contributed by atoms with Gasteiger partial charge in [0, 0.05) is 67.1 Å². The molecule has 2 aliphatic heterocycles. The Labute approximate surface area is 213 Å². The van der Waals surface area contributed by atoms with Crippen molar-refractivity contribution < 1.29 is 14.5 Å². The second-order valence-corrected chi connectivity index (χ2v) is 9.47. The van der Waals surface area contributed by atoms with E-state index < -0.39 is 10.8 Å². The number of methoxy groups -OCH3 is 1. The maximum absolute atomic E-state index is 12.3. The first-order chi connectivity index (χ1) is 17.9. The lowest BCUT2D eigenvalue weighted by atomic mass is 9.83. The van der Waals surface area contributed by atoms with Gasteiger partial charge in [-0.15, -0.1) is 0 Å². The Kier molecular flexibility index (Phi) is 6.82. The number of ether oxygens (including phenoxy) is 1. The molecule has 2 bridgehead atoms. The molecule has 190 valence electrons. The first-order valence-corrected chi connectivity index (χ1v) is 12.1. The predicted octanol–water partition coefficient (Wildman–Crippen LogP) is 3.15. The van der Waals surface area contributed by atoms with Gasteiger partial charge in [-0.1, -0.05) is 6.07 Å². The van der Waals surface area contributed by atoms with Crippen LogP contribution < -0.4 is 15.7 Å². The number of pyridine rings is 1. The molecule has 0 spiro atoms.